The minimum absolute atomic E-state index is 0. The number of hydrogen-bond donors (Lipinski definition) is 16. The summed E-state index contributed by atoms with van der Waals surface area (Å²) in [5.74, 6) is 1.49. The highest BCUT2D eigenvalue weighted by Crippen LogP contribution is 2.34. The lowest BCUT2D eigenvalue weighted by molar-refractivity contribution is 0.174. The van der Waals surface area contributed by atoms with Crippen LogP contribution >= 0.6 is 0 Å². The minimum atomic E-state index is -3.72. The summed E-state index contributed by atoms with van der Waals surface area (Å²) in [4.78, 5) is 72.3. The first kappa shape index (κ1) is 90.1. The van der Waals surface area contributed by atoms with Gasteiger partial charge in [0.2, 0.25) is 26.8 Å². The maximum atomic E-state index is 11.8. The highest BCUT2D eigenvalue weighted by molar-refractivity contribution is 7.89. The number of fused-ring (bicyclic) bond motifs is 1. The lowest BCUT2D eigenvalue weighted by atomic mass is 10.2. The summed E-state index contributed by atoms with van der Waals surface area (Å²) >= 11 is 0. The Morgan fingerprint density at radius 1 is 0.328 bits per heavy atom. The fourth-order valence-corrected chi connectivity index (χ4v) is 11.0. The molecule has 12 aromatic carbocycles. The molecular weight excluding hydrogens is 1520 g/mol. The van der Waals surface area contributed by atoms with Crippen LogP contribution in [0.5, 0.6) is 17.2 Å². The van der Waals surface area contributed by atoms with E-state index in [-0.39, 0.29) is 74.5 Å². The number of benzene rings is 12. The van der Waals surface area contributed by atoms with Crippen molar-refractivity contribution in [1.82, 2.24) is 4.72 Å². The van der Waals surface area contributed by atoms with Gasteiger partial charge in [-0.15, -0.1) is 0 Å². The maximum absolute atomic E-state index is 11.8. The quantitative estimate of drug-likeness (QED) is 0.0355. The highest BCUT2D eigenvalue weighted by Gasteiger charge is 2.16. The Morgan fingerprint density at radius 2 is 0.560 bits per heavy atom. The van der Waals surface area contributed by atoms with Crippen LogP contribution in [0.2, 0.25) is 0 Å². The number of rotatable bonds is 18. The zero-order chi connectivity index (χ0) is 81.3. The molecule has 0 saturated carbocycles. The number of sulfonamides is 2. The van der Waals surface area contributed by atoms with Gasteiger partial charge in [0.1, 0.15) is 5.75 Å². The summed E-state index contributed by atoms with van der Waals surface area (Å²) in [6.07, 6.45) is 0. The summed E-state index contributed by atoms with van der Waals surface area (Å²) in [5, 5.41) is 55.1. The number of phenols is 1. The molecule has 0 spiro atoms. The Morgan fingerprint density at radius 3 is 0.828 bits per heavy atom. The monoisotopic (exact) mass is 1610 g/mol. The van der Waals surface area contributed by atoms with Crippen LogP contribution in [0.4, 0.5) is 103 Å². The van der Waals surface area contributed by atoms with Gasteiger partial charge in [0.15, 0.2) is 11.5 Å². The number of ether oxygens (including phenoxy) is 2. The van der Waals surface area contributed by atoms with E-state index >= 15 is 0 Å². The molecule has 1 heterocycles. The van der Waals surface area contributed by atoms with Gasteiger partial charge in [-0.2, -0.15) is 0 Å². The molecule has 602 valence electrons. The number of nitrogens with one attached hydrogen (secondary N) is 13. The van der Waals surface area contributed by atoms with Gasteiger partial charge in [0, 0.05) is 101 Å². The van der Waals surface area contributed by atoms with Crippen LogP contribution in [0.3, 0.4) is 0 Å². The number of aromatic hydroxyl groups is 1. The van der Waals surface area contributed by atoms with Crippen LogP contribution < -0.4 is 88.0 Å². The molecule has 29 nitrogen and oxygen atoms in total. The van der Waals surface area contributed by atoms with Crippen molar-refractivity contribution in [3.63, 3.8) is 0 Å². The number of urea groups is 6. The highest BCUT2D eigenvalue weighted by atomic mass is 32.2. The first-order valence-corrected chi connectivity index (χ1v) is 37.7. The number of primary sulfonamides is 1. The van der Waals surface area contributed by atoms with Crippen LogP contribution in [-0.2, 0) is 20.0 Å². The molecule has 0 fully saturated rings. The second-order valence-electron chi connectivity index (χ2n) is 23.8. The summed E-state index contributed by atoms with van der Waals surface area (Å²) in [5.41, 5.74) is 9.14. The third-order valence-electron chi connectivity index (χ3n) is 14.9. The van der Waals surface area contributed by atoms with Crippen LogP contribution in [0.15, 0.2) is 337 Å². The van der Waals surface area contributed by atoms with E-state index < -0.39 is 32.1 Å². The minimum Gasteiger partial charge on any atom is -0.508 e. The fraction of sp³-hybridized carbons (Fsp3) is 0.0824. The molecule has 0 atom stereocenters. The Kier molecular flexibility index (Phi) is 36.9. The molecule has 12 amide bonds. The maximum Gasteiger partial charge on any atom is 0.323 e. The molecule has 13 rings (SSSR count). The van der Waals surface area contributed by atoms with Crippen molar-refractivity contribution in [1.29, 1.82) is 0 Å². The van der Waals surface area contributed by atoms with Crippen LogP contribution in [-0.4, -0.2) is 97.3 Å². The van der Waals surface area contributed by atoms with Crippen molar-refractivity contribution < 1.29 is 65.3 Å². The summed E-state index contributed by atoms with van der Waals surface area (Å²) in [6.45, 7) is -0.116. The van der Waals surface area contributed by atoms with Crippen LogP contribution in [0, 0.1) is 0 Å². The smallest absolute Gasteiger partial charge is 0.323 e. The van der Waals surface area contributed by atoms with E-state index in [0.29, 0.717) is 45.6 Å². The molecule has 0 aromatic heterocycles. The van der Waals surface area contributed by atoms with Crippen molar-refractivity contribution in [3.05, 3.63) is 328 Å². The van der Waals surface area contributed by atoms with Gasteiger partial charge >= 0.3 is 36.2 Å². The fourth-order valence-electron chi connectivity index (χ4n) is 9.48. The van der Waals surface area contributed by atoms with E-state index in [0.717, 1.165) is 39.8 Å². The van der Waals surface area contributed by atoms with Gasteiger partial charge in [0.05, 0.1) is 16.4 Å². The topological polar surface area (TPSA) is 415 Å². The molecule has 0 bridgehead atoms. The number of nitrogens with zero attached hydrogens (tertiary/aromatic N) is 1. The summed E-state index contributed by atoms with van der Waals surface area (Å²) < 4.78 is 58.5. The van der Waals surface area contributed by atoms with Gasteiger partial charge in [-0.1, -0.05) is 142 Å². The van der Waals surface area contributed by atoms with Gasteiger partial charge in [-0.05, 0) is 194 Å². The van der Waals surface area contributed by atoms with E-state index in [2.05, 4.69) is 68.5 Å². The molecule has 31 heteroatoms. The van der Waals surface area contributed by atoms with E-state index in [1.165, 1.54) is 60.7 Å². The number of anilines is 13. The molecule has 116 heavy (non-hydrogen) atoms. The second kappa shape index (κ2) is 47.5. The average molecular weight is 1610 g/mol. The third kappa shape index (κ3) is 33.4. The number of aliphatic hydroxyl groups excluding tert-OH is 1. The summed E-state index contributed by atoms with van der Waals surface area (Å²) in [7, 11) is -3.43. The van der Waals surface area contributed by atoms with Gasteiger partial charge in [-0.25, -0.2) is 55.5 Å². The van der Waals surface area contributed by atoms with Crippen LogP contribution in [0.25, 0.3) is 0 Å². The predicted molar refractivity (Wildman–Crippen MR) is 462 cm³/mol. The van der Waals surface area contributed by atoms with Crippen molar-refractivity contribution in [2.24, 2.45) is 5.14 Å². The van der Waals surface area contributed by atoms with E-state index in [1.807, 2.05) is 195 Å². The van der Waals surface area contributed by atoms with E-state index in [1.54, 1.807) is 91.0 Å². The van der Waals surface area contributed by atoms with Crippen molar-refractivity contribution >= 4 is 130 Å². The number of hydrogen-bond acceptors (Lipinski definition) is 15. The molecule has 1 aliphatic rings. The second-order valence-corrected chi connectivity index (χ2v) is 27.1. The van der Waals surface area contributed by atoms with E-state index in [9.17, 15) is 45.6 Å². The molecule has 1 aliphatic heterocycles. The number of phenolic OH excluding ortho intramolecular Hbond substituents is 1. The molecule has 17 N–H and O–H groups in total. The lowest BCUT2D eigenvalue weighted by Crippen LogP contribution is -2.26. The zero-order valence-electron chi connectivity index (χ0n) is 61.4. The Hall–Kier alpha value is -14.8. The van der Waals surface area contributed by atoms with Gasteiger partial charge in [-0.3, -0.25) is 0 Å². The van der Waals surface area contributed by atoms with Crippen molar-refractivity contribution in [3.8, 4) is 17.2 Å². The molecule has 0 radical (unpaired) electrons. The standard InChI is InChI=1S/C15H17N3O4S.C15H17N3O.C14H12N2O3.C13H13N3O3S.C13H12N2O2.C13H12N2O.2CH4/c19-11-10-16-23(21,22)14-8-6-13(7-9-14)18-15(20)17-12-4-2-1-3-5-12;1-18(2)14-10-8-13(9-11-14)17-15(19)16-12-6-4-3-5-7-12;17-14(15-10-4-2-1-3-5-10)16-11-6-7-12-13(8-11)19-9-18-12;14-20(18,19)12-8-6-11(7-9-12)16-13(17)15-10-4-2-1-3-5-10;16-12-8-6-11(7-9-12)15-13(17)14-10-4-2-1-3-5-10;16-13(14-11-7-3-1-4-8-11)15-12-9-5-2-6-10-12;;/h1-9,16,19H,10-11H2,(H2,17,18,20);3-11H,1-2H3,(H2,16,17,19);1-8H,9H2,(H2,15,16,17);1-9H,(H2,14,18,19)(H2,15,16,17);1-9,16H,(H2,14,15,17);1-10H,(H2,14,15,16);2*1H4. The molecule has 0 unspecified atom stereocenters. The zero-order valence-corrected chi connectivity index (χ0v) is 63.1. The third-order valence-corrected chi connectivity index (χ3v) is 17.3. The van der Waals surface area contributed by atoms with Gasteiger partial charge < -0.3 is 88.4 Å². The number of para-hydroxylation sites is 7. The lowest BCUT2D eigenvalue weighted by Gasteiger charge is -2.13. The largest absolute Gasteiger partial charge is 0.508 e. The number of carbonyl (C=O) groups excluding carboxylic acids is 6. The van der Waals surface area contributed by atoms with Gasteiger partial charge in [0.25, 0.3) is 0 Å². The first-order chi connectivity index (χ1) is 55.0. The first-order valence-electron chi connectivity index (χ1n) is 34.6. The number of aliphatic hydroxyl groups is 1. The Balaban J connectivity index is 0.000000216. The SMILES string of the molecule is C.C.CN(C)c1ccc(NC(=O)Nc2ccccc2)cc1.NS(=O)(=O)c1ccc(NC(=O)Nc2ccccc2)cc1.O=C(Nc1ccccc1)Nc1ccc(O)cc1.O=C(Nc1ccccc1)Nc1ccc(S(=O)(=O)NCCO)cc1.O=C(Nc1ccccc1)Nc1ccc2c(c1)OCO2.O=C(Nc1ccccc1)Nc1ccccc1. The number of nitrogens with two attached hydrogens (primary N) is 1. The summed E-state index contributed by atoms with van der Waals surface area (Å²) in [6, 6.07) is 92.8. The normalized spacial score (nSPS) is 10.3. The molecular formula is C85H91N15O14S2. The van der Waals surface area contributed by atoms with Crippen molar-refractivity contribution in [2.75, 3.05) is 103 Å². The number of carbonyl (C=O) groups is 6. The van der Waals surface area contributed by atoms with E-state index in [4.69, 9.17) is 24.8 Å². The number of amides is 12. The molecule has 0 aliphatic carbocycles. The average Bonchev–Trinajstić information content (AvgIpc) is 1.60. The molecule has 12 aromatic rings. The predicted octanol–water partition coefficient (Wildman–Crippen LogP) is 17.7. The molecule has 0 saturated heterocycles. The Labute approximate surface area is 673 Å². The van der Waals surface area contributed by atoms with Crippen LogP contribution in [0.1, 0.15) is 14.9 Å². The van der Waals surface area contributed by atoms with Crippen molar-refractivity contribution in [2.45, 2.75) is 24.6 Å². The Bertz CT molecular complexity index is 5190.